The Morgan fingerprint density at radius 3 is 2.17 bits per heavy atom. The molecular weight excluding hydrogens is 240 g/mol. The molecule has 0 aromatic rings. The lowest BCUT2D eigenvalue weighted by Crippen LogP contribution is -2.41. The van der Waals surface area contributed by atoms with Crippen molar-refractivity contribution in [3.05, 3.63) is 0 Å². The summed E-state index contributed by atoms with van der Waals surface area (Å²) in [5.41, 5.74) is -2.01. The Hall–Kier alpha value is -1.59. The first kappa shape index (κ1) is 14.5. The Labute approximate surface area is 105 Å². The van der Waals surface area contributed by atoms with Crippen molar-refractivity contribution in [1.29, 1.82) is 0 Å². The average molecular weight is 258 g/mol. The van der Waals surface area contributed by atoms with Gasteiger partial charge in [-0.25, -0.2) is 0 Å². The molecule has 1 unspecified atom stereocenters. The Bertz CT molecular complexity index is 344. The Kier molecular flexibility index (Phi) is 4.69. The van der Waals surface area contributed by atoms with E-state index < -0.39 is 29.7 Å². The molecule has 2 N–H and O–H groups in total. The molecule has 0 saturated heterocycles. The van der Waals surface area contributed by atoms with Crippen LogP contribution in [0.5, 0.6) is 0 Å². The van der Waals surface area contributed by atoms with Crippen molar-refractivity contribution < 1.29 is 29.3 Å². The fourth-order valence-electron chi connectivity index (χ4n) is 2.00. The lowest BCUT2D eigenvalue weighted by atomic mass is 9.86. The number of carbonyl (C=O) groups excluding carboxylic acids is 1. The molecular formula is C12H18O6. The van der Waals surface area contributed by atoms with Crippen LogP contribution in [-0.2, 0) is 19.1 Å². The predicted octanol–water partition coefficient (Wildman–Crippen LogP) is 1.43. The van der Waals surface area contributed by atoms with Gasteiger partial charge in [-0.2, -0.15) is 0 Å². The maximum Gasteiger partial charge on any atom is 0.324 e. The van der Waals surface area contributed by atoms with Crippen molar-refractivity contribution in [3.63, 3.8) is 0 Å². The van der Waals surface area contributed by atoms with Gasteiger partial charge in [0.2, 0.25) is 0 Å². The van der Waals surface area contributed by atoms with E-state index in [9.17, 15) is 14.4 Å². The quantitative estimate of drug-likeness (QED) is 0.571. The van der Waals surface area contributed by atoms with Crippen LogP contribution in [0, 0.1) is 5.41 Å². The van der Waals surface area contributed by atoms with E-state index in [4.69, 9.17) is 14.9 Å². The molecule has 0 heterocycles. The number of carbonyl (C=O) groups is 3. The standard InChI is InChI=1S/C12H18O6/c1-12(10(15)16,7-9(13)14)11(17)18-8-5-3-2-4-6-8/h8H,2-7H2,1H3,(H,13,14)(H,15,16). The summed E-state index contributed by atoms with van der Waals surface area (Å²) < 4.78 is 5.14. The summed E-state index contributed by atoms with van der Waals surface area (Å²) in [6.45, 7) is 1.09. The molecule has 1 fully saturated rings. The summed E-state index contributed by atoms with van der Waals surface area (Å²) in [4.78, 5) is 33.6. The van der Waals surface area contributed by atoms with Gasteiger partial charge in [0.25, 0.3) is 0 Å². The van der Waals surface area contributed by atoms with Crippen molar-refractivity contribution in [2.24, 2.45) is 5.41 Å². The second-order valence-electron chi connectivity index (χ2n) is 4.87. The lowest BCUT2D eigenvalue weighted by molar-refractivity contribution is -0.176. The van der Waals surface area contributed by atoms with E-state index in [1.807, 2.05) is 0 Å². The molecule has 1 rings (SSSR count). The van der Waals surface area contributed by atoms with Crippen LogP contribution < -0.4 is 0 Å². The van der Waals surface area contributed by atoms with E-state index in [0.29, 0.717) is 12.8 Å². The summed E-state index contributed by atoms with van der Waals surface area (Å²) >= 11 is 0. The topological polar surface area (TPSA) is 101 Å². The third-order valence-corrected chi connectivity index (χ3v) is 3.25. The van der Waals surface area contributed by atoms with Crippen molar-refractivity contribution in [2.75, 3.05) is 0 Å². The third-order valence-electron chi connectivity index (χ3n) is 3.25. The Morgan fingerprint density at radius 2 is 1.72 bits per heavy atom. The second kappa shape index (κ2) is 5.84. The Morgan fingerprint density at radius 1 is 1.17 bits per heavy atom. The van der Waals surface area contributed by atoms with E-state index in [1.165, 1.54) is 0 Å². The fraction of sp³-hybridized carbons (Fsp3) is 0.750. The molecule has 0 amide bonds. The zero-order chi connectivity index (χ0) is 13.8. The molecule has 0 radical (unpaired) electrons. The number of esters is 1. The molecule has 0 spiro atoms. The first-order valence-electron chi connectivity index (χ1n) is 6.02. The molecule has 102 valence electrons. The minimum Gasteiger partial charge on any atom is -0.481 e. The van der Waals surface area contributed by atoms with Gasteiger partial charge in [-0.1, -0.05) is 6.42 Å². The molecule has 18 heavy (non-hydrogen) atoms. The number of carboxylic acid groups (broad SMARTS) is 2. The summed E-state index contributed by atoms with van der Waals surface area (Å²) in [7, 11) is 0. The predicted molar refractivity (Wildman–Crippen MR) is 61.0 cm³/mol. The zero-order valence-electron chi connectivity index (χ0n) is 10.3. The number of hydrogen-bond acceptors (Lipinski definition) is 4. The van der Waals surface area contributed by atoms with Crippen LogP contribution in [-0.4, -0.2) is 34.2 Å². The molecule has 0 aliphatic heterocycles. The van der Waals surface area contributed by atoms with Gasteiger partial charge in [-0.05, 0) is 32.6 Å². The number of hydrogen-bond donors (Lipinski definition) is 2. The SMILES string of the molecule is CC(CC(=O)O)(C(=O)O)C(=O)OC1CCCCC1. The summed E-state index contributed by atoms with van der Waals surface area (Å²) in [6, 6.07) is 0. The highest BCUT2D eigenvalue weighted by molar-refractivity contribution is 6.01. The van der Waals surface area contributed by atoms with Crippen LogP contribution in [0.2, 0.25) is 0 Å². The molecule has 1 aliphatic carbocycles. The number of rotatable bonds is 5. The monoisotopic (exact) mass is 258 g/mol. The summed E-state index contributed by atoms with van der Waals surface area (Å²) in [5.74, 6) is -3.75. The van der Waals surface area contributed by atoms with Gasteiger partial charge in [-0.15, -0.1) is 0 Å². The average Bonchev–Trinajstić information content (AvgIpc) is 2.29. The number of aliphatic carboxylic acids is 2. The molecule has 1 atom stereocenters. The highest BCUT2D eigenvalue weighted by Gasteiger charge is 2.46. The largest absolute Gasteiger partial charge is 0.481 e. The van der Waals surface area contributed by atoms with Gasteiger partial charge < -0.3 is 14.9 Å². The van der Waals surface area contributed by atoms with E-state index in [1.54, 1.807) is 0 Å². The highest BCUT2D eigenvalue weighted by atomic mass is 16.5. The maximum absolute atomic E-state index is 11.8. The molecule has 1 saturated carbocycles. The normalized spacial score (nSPS) is 19.8. The minimum atomic E-state index is -2.01. The molecule has 0 aromatic heterocycles. The molecule has 6 nitrogen and oxygen atoms in total. The van der Waals surface area contributed by atoms with E-state index >= 15 is 0 Å². The molecule has 1 aliphatic rings. The van der Waals surface area contributed by atoms with Crippen LogP contribution in [0.1, 0.15) is 45.4 Å². The summed E-state index contributed by atoms with van der Waals surface area (Å²) in [6.07, 6.45) is 3.36. The maximum atomic E-state index is 11.8. The van der Waals surface area contributed by atoms with Gasteiger partial charge >= 0.3 is 17.9 Å². The summed E-state index contributed by atoms with van der Waals surface area (Å²) in [5, 5.41) is 17.7. The van der Waals surface area contributed by atoms with E-state index in [0.717, 1.165) is 26.2 Å². The van der Waals surface area contributed by atoms with E-state index in [2.05, 4.69) is 0 Å². The van der Waals surface area contributed by atoms with Crippen LogP contribution in [0.15, 0.2) is 0 Å². The smallest absolute Gasteiger partial charge is 0.324 e. The van der Waals surface area contributed by atoms with Crippen LogP contribution in [0.4, 0.5) is 0 Å². The Balaban J connectivity index is 2.70. The molecule has 0 bridgehead atoms. The van der Waals surface area contributed by atoms with Crippen molar-refractivity contribution in [2.45, 2.75) is 51.6 Å². The lowest BCUT2D eigenvalue weighted by Gasteiger charge is -2.27. The number of carboxylic acids is 2. The van der Waals surface area contributed by atoms with Crippen LogP contribution >= 0.6 is 0 Å². The van der Waals surface area contributed by atoms with Crippen molar-refractivity contribution in [1.82, 2.24) is 0 Å². The van der Waals surface area contributed by atoms with Crippen molar-refractivity contribution in [3.8, 4) is 0 Å². The second-order valence-corrected chi connectivity index (χ2v) is 4.87. The van der Waals surface area contributed by atoms with Gasteiger partial charge in [0.1, 0.15) is 6.10 Å². The van der Waals surface area contributed by atoms with Crippen molar-refractivity contribution >= 4 is 17.9 Å². The molecule has 6 heteroatoms. The first-order valence-corrected chi connectivity index (χ1v) is 6.02. The van der Waals surface area contributed by atoms with Crippen LogP contribution in [0.25, 0.3) is 0 Å². The molecule has 0 aromatic carbocycles. The minimum absolute atomic E-state index is 0.279. The third kappa shape index (κ3) is 3.45. The van der Waals surface area contributed by atoms with Gasteiger partial charge in [0.05, 0.1) is 6.42 Å². The first-order chi connectivity index (χ1) is 8.36. The van der Waals surface area contributed by atoms with Gasteiger partial charge in [-0.3, -0.25) is 14.4 Å². The van der Waals surface area contributed by atoms with E-state index in [-0.39, 0.29) is 6.10 Å². The van der Waals surface area contributed by atoms with Crippen LogP contribution in [0.3, 0.4) is 0 Å². The van der Waals surface area contributed by atoms with Gasteiger partial charge in [0.15, 0.2) is 5.41 Å². The van der Waals surface area contributed by atoms with Gasteiger partial charge in [0, 0.05) is 0 Å². The number of ether oxygens (including phenoxy) is 1. The fourth-order valence-corrected chi connectivity index (χ4v) is 2.00. The highest BCUT2D eigenvalue weighted by Crippen LogP contribution is 2.28. The zero-order valence-corrected chi connectivity index (χ0v) is 10.3.